The van der Waals surface area contributed by atoms with E-state index >= 15 is 0 Å². The van der Waals surface area contributed by atoms with Crippen LogP contribution in [0.15, 0.2) is 108 Å². The number of halogens is 2. The molecule has 11 heteroatoms. The zero-order chi connectivity index (χ0) is 32.4. The van der Waals surface area contributed by atoms with Crippen LogP contribution in [0.25, 0.3) is 0 Å². The smallest absolute Gasteiger partial charge is 0.264 e. The quantitative estimate of drug-likeness (QED) is 0.185. The zero-order valence-corrected chi connectivity index (χ0v) is 26.6. The Bertz CT molecular complexity index is 1670. The van der Waals surface area contributed by atoms with Gasteiger partial charge in [-0.3, -0.25) is 13.9 Å². The SMILES string of the molecule is CCNC(=O)[C@H](Cc1ccccc1)N(Cc1ccc(Cl)cc1)C(=O)CN(c1ccc(F)cc1)S(=O)(=O)c1ccc(OCC)cc1. The molecule has 0 aromatic heterocycles. The Balaban J connectivity index is 1.77. The third-order valence-electron chi connectivity index (χ3n) is 7.00. The number of sulfonamides is 1. The van der Waals surface area contributed by atoms with Gasteiger partial charge in [0, 0.05) is 24.5 Å². The van der Waals surface area contributed by atoms with Crippen LogP contribution in [0, 0.1) is 5.82 Å². The number of nitrogens with zero attached hydrogens (tertiary/aromatic N) is 2. The van der Waals surface area contributed by atoms with Gasteiger partial charge in [0.05, 0.1) is 17.2 Å². The molecule has 4 aromatic carbocycles. The zero-order valence-electron chi connectivity index (χ0n) is 25.0. The molecule has 4 rings (SSSR count). The van der Waals surface area contributed by atoms with Crippen molar-refractivity contribution in [2.75, 3.05) is 24.0 Å². The Labute approximate surface area is 268 Å². The molecule has 0 saturated heterocycles. The summed E-state index contributed by atoms with van der Waals surface area (Å²) in [7, 11) is -4.33. The van der Waals surface area contributed by atoms with Crippen molar-refractivity contribution in [3.63, 3.8) is 0 Å². The predicted molar refractivity (Wildman–Crippen MR) is 173 cm³/mol. The van der Waals surface area contributed by atoms with Crippen molar-refractivity contribution in [1.29, 1.82) is 0 Å². The molecule has 1 N–H and O–H groups in total. The van der Waals surface area contributed by atoms with Crippen molar-refractivity contribution in [2.45, 2.75) is 37.8 Å². The number of hydrogen-bond acceptors (Lipinski definition) is 5. The first-order valence-electron chi connectivity index (χ1n) is 14.5. The molecule has 236 valence electrons. The van der Waals surface area contributed by atoms with E-state index in [9.17, 15) is 22.4 Å². The third kappa shape index (κ3) is 8.83. The highest BCUT2D eigenvalue weighted by Gasteiger charge is 2.34. The van der Waals surface area contributed by atoms with E-state index < -0.39 is 34.3 Å². The van der Waals surface area contributed by atoms with E-state index in [0.717, 1.165) is 22.0 Å². The van der Waals surface area contributed by atoms with Crippen LogP contribution in [0.3, 0.4) is 0 Å². The normalized spacial score (nSPS) is 11.8. The van der Waals surface area contributed by atoms with Crippen LogP contribution in [0.1, 0.15) is 25.0 Å². The average Bonchev–Trinajstić information content (AvgIpc) is 3.04. The number of nitrogens with one attached hydrogen (secondary N) is 1. The fraction of sp³-hybridized carbons (Fsp3) is 0.235. The highest BCUT2D eigenvalue weighted by Crippen LogP contribution is 2.27. The van der Waals surface area contributed by atoms with E-state index in [2.05, 4.69) is 5.32 Å². The fourth-order valence-electron chi connectivity index (χ4n) is 4.77. The molecule has 0 aliphatic rings. The van der Waals surface area contributed by atoms with Gasteiger partial charge in [-0.15, -0.1) is 0 Å². The Morgan fingerprint density at radius 3 is 2.11 bits per heavy atom. The summed E-state index contributed by atoms with van der Waals surface area (Å²) in [5, 5.41) is 3.32. The lowest BCUT2D eigenvalue weighted by Gasteiger charge is -2.33. The number of hydrogen-bond donors (Lipinski definition) is 1. The molecule has 0 fully saturated rings. The van der Waals surface area contributed by atoms with E-state index in [1.54, 1.807) is 31.2 Å². The first kappa shape index (κ1) is 33.5. The summed E-state index contributed by atoms with van der Waals surface area (Å²) in [5.74, 6) is -1.09. The van der Waals surface area contributed by atoms with Crippen molar-refractivity contribution in [2.24, 2.45) is 0 Å². The van der Waals surface area contributed by atoms with Gasteiger partial charge >= 0.3 is 0 Å². The lowest BCUT2D eigenvalue weighted by Crippen LogP contribution is -2.53. The minimum Gasteiger partial charge on any atom is -0.494 e. The van der Waals surface area contributed by atoms with Gasteiger partial charge in [0.25, 0.3) is 10.0 Å². The fourth-order valence-corrected chi connectivity index (χ4v) is 6.31. The summed E-state index contributed by atoms with van der Waals surface area (Å²) in [6, 6.07) is 25.8. The highest BCUT2D eigenvalue weighted by atomic mass is 35.5. The first-order chi connectivity index (χ1) is 21.6. The average molecular weight is 652 g/mol. The molecular formula is C34H35ClFN3O5S. The lowest BCUT2D eigenvalue weighted by atomic mass is 10.0. The Kier molecular flexibility index (Phi) is 11.6. The predicted octanol–water partition coefficient (Wildman–Crippen LogP) is 5.85. The van der Waals surface area contributed by atoms with Crippen LogP contribution in [0.2, 0.25) is 5.02 Å². The third-order valence-corrected chi connectivity index (χ3v) is 9.04. The number of benzene rings is 4. The van der Waals surface area contributed by atoms with Crippen molar-refractivity contribution >= 4 is 39.1 Å². The molecule has 0 bridgehead atoms. The summed E-state index contributed by atoms with van der Waals surface area (Å²) >= 11 is 6.10. The molecule has 0 aliphatic heterocycles. The molecule has 0 spiro atoms. The molecular weight excluding hydrogens is 617 g/mol. The van der Waals surface area contributed by atoms with Gasteiger partial charge in [-0.2, -0.15) is 0 Å². The Hall–Kier alpha value is -4.41. The van der Waals surface area contributed by atoms with Crippen LogP contribution in [-0.4, -0.2) is 50.9 Å². The van der Waals surface area contributed by atoms with Gasteiger partial charge in [0.2, 0.25) is 11.8 Å². The summed E-state index contributed by atoms with van der Waals surface area (Å²) in [6.07, 6.45) is 0.189. The van der Waals surface area contributed by atoms with E-state index in [0.29, 0.717) is 29.5 Å². The first-order valence-corrected chi connectivity index (χ1v) is 16.3. The minimum atomic E-state index is -4.33. The van der Waals surface area contributed by atoms with Crippen molar-refractivity contribution in [3.05, 3.63) is 125 Å². The molecule has 1 atom stereocenters. The van der Waals surface area contributed by atoms with E-state index in [4.69, 9.17) is 16.3 Å². The standard InChI is InChI=1S/C34H35ClFN3O5S/c1-3-37-34(41)32(22-25-8-6-5-7-9-25)38(23-26-10-12-27(35)13-11-26)33(40)24-39(29-16-14-28(36)15-17-29)45(42,43)31-20-18-30(19-21-31)44-4-2/h5-21,32H,3-4,22-24H2,1-2H3,(H,37,41)/t32-/m0/s1. The molecule has 4 aromatic rings. The van der Waals surface area contributed by atoms with Gasteiger partial charge < -0.3 is 15.0 Å². The summed E-state index contributed by atoms with van der Waals surface area (Å²) < 4.78 is 48.4. The molecule has 2 amide bonds. The van der Waals surface area contributed by atoms with Crippen molar-refractivity contribution < 1.29 is 27.1 Å². The van der Waals surface area contributed by atoms with E-state index in [1.165, 1.54) is 41.3 Å². The van der Waals surface area contributed by atoms with Crippen molar-refractivity contribution in [1.82, 2.24) is 10.2 Å². The van der Waals surface area contributed by atoms with Crippen molar-refractivity contribution in [3.8, 4) is 5.75 Å². The van der Waals surface area contributed by atoms with Crippen LogP contribution in [0.5, 0.6) is 5.75 Å². The number of ether oxygens (including phenoxy) is 1. The second kappa shape index (κ2) is 15.5. The van der Waals surface area contributed by atoms with Gasteiger partial charge in [0.15, 0.2) is 0 Å². The van der Waals surface area contributed by atoms with E-state index in [1.807, 2.05) is 37.3 Å². The van der Waals surface area contributed by atoms with Crippen LogP contribution < -0.4 is 14.4 Å². The lowest BCUT2D eigenvalue weighted by molar-refractivity contribution is -0.140. The minimum absolute atomic E-state index is 0.00496. The summed E-state index contributed by atoms with van der Waals surface area (Å²) in [4.78, 5) is 29.2. The number of anilines is 1. The molecule has 0 heterocycles. The summed E-state index contributed by atoms with van der Waals surface area (Å²) in [5.41, 5.74) is 1.60. The second-order valence-electron chi connectivity index (χ2n) is 10.1. The van der Waals surface area contributed by atoms with Gasteiger partial charge in [0.1, 0.15) is 24.2 Å². The van der Waals surface area contributed by atoms with Crippen LogP contribution >= 0.6 is 11.6 Å². The molecule has 0 aliphatic carbocycles. The molecule has 0 unspecified atom stereocenters. The largest absolute Gasteiger partial charge is 0.494 e. The monoisotopic (exact) mass is 651 g/mol. The van der Waals surface area contributed by atoms with Gasteiger partial charge in [-0.1, -0.05) is 54.1 Å². The Morgan fingerprint density at radius 2 is 1.51 bits per heavy atom. The number of carbonyl (C=O) groups is 2. The maximum Gasteiger partial charge on any atom is 0.264 e. The number of rotatable bonds is 14. The molecule has 8 nitrogen and oxygen atoms in total. The van der Waals surface area contributed by atoms with Gasteiger partial charge in [-0.05, 0) is 85.6 Å². The number of likely N-dealkylation sites (N-methyl/N-ethyl adjacent to an activating group) is 1. The molecule has 45 heavy (non-hydrogen) atoms. The topological polar surface area (TPSA) is 96.0 Å². The number of amides is 2. The van der Waals surface area contributed by atoms with Crippen LogP contribution in [0.4, 0.5) is 10.1 Å². The van der Waals surface area contributed by atoms with Gasteiger partial charge in [-0.25, -0.2) is 12.8 Å². The molecule has 0 saturated carbocycles. The highest BCUT2D eigenvalue weighted by molar-refractivity contribution is 7.92. The van der Waals surface area contributed by atoms with Crippen LogP contribution in [-0.2, 0) is 32.6 Å². The number of carbonyl (C=O) groups excluding carboxylic acids is 2. The maximum atomic E-state index is 14.3. The molecule has 0 radical (unpaired) electrons. The maximum absolute atomic E-state index is 14.3. The Morgan fingerprint density at radius 1 is 0.867 bits per heavy atom. The van der Waals surface area contributed by atoms with E-state index in [-0.39, 0.29) is 29.5 Å². The summed E-state index contributed by atoms with van der Waals surface area (Å²) in [6.45, 7) is 3.68. The second-order valence-corrected chi connectivity index (χ2v) is 12.4.